The van der Waals surface area contributed by atoms with E-state index in [1.54, 1.807) is 4.90 Å². The summed E-state index contributed by atoms with van der Waals surface area (Å²) in [7, 11) is 1.36. The van der Waals surface area contributed by atoms with Crippen LogP contribution in [0.2, 0.25) is 5.15 Å². The molecule has 38 heavy (non-hydrogen) atoms. The second-order valence-electron chi connectivity index (χ2n) is 9.89. The number of aliphatic hydroxyl groups is 1. The maximum Gasteiger partial charge on any atom is 0.291 e. The lowest BCUT2D eigenvalue weighted by Gasteiger charge is -2.38. The molecule has 2 aliphatic rings. The Bertz CT molecular complexity index is 1600. The van der Waals surface area contributed by atoms with Gasteiger partial charge in [0.2, 0.25) is 5.76 Å². The molecule has 0 atom stereocenters. The molecular formula is C26H25ClFN5O5. The number of piperidine rings is 1. The van der Waals surface area contributed by atoms with Crippen molar-refractivity contribution in [1.82, 2.24) is 24.0 Å². The minimum atomic E-state index is -1.20. The number of halogens is 2. The van der Waals surface area contributed by atoms with E-state index in [9.17, 15) is 19.1 Å². The van der Waals surface area contributed by atoms with Gasteiger partial charge in [-0.25, -0.2) is 14.4 Å². The molecule has 0 spiro atoms. The third kappa shape index (κ3) is 4.35. The van der Waals surface area contributed by atoms with Gasteiger partial charge >= 0.3 is 0 Å². The van der Waals surface area contributed by atoms with E-state index in [2.05, 4.69) is 9.97 Å². The fraction of sp³-hybridized carbons (Fsp3) is 0.385. The molecule has 10 nitrogen and oxygen atoms in total. The maximum absolute atomic E-state index is 13.9. The smallest absolute Gasteiger partial charge is 0.291 e. The largest absolute Gasteiger partial charge is 0.494 e. The number of hydrogen-bond acceptors (Lipinski definition) is 7. The topological polar surface area (TPSA) is 116 Å². The summed E-state index contributed by atoms with van der Waals surface area (Å²) >= 11 is 6.44. The predicted molar refractivity (Wildman–Crippen MR) is 135 cm³/mol. The molecule has 1 aliphatic carbocycles. The molecule has 0 unspecified atom stereocenters. The SMILES string of the molecule is COc1cc(-n2c(Cl)cc3c(=O)n(CC4(O)CCN(C(=O)c5cnc(C6CC6)o5)CC4)cnc32)ccc1F. The van der Waals surface area contributed by atoms with Gasteiger partial charge in [-0.3, -0.25) is 18.7 Å². The van der Waals surface area contributed by atoms with Crippen molar-refractivity contribution in [3.63, 3.8) is 0 Å². The summed E-state index contributed by atoms with van der Waals surface area (Å²) in [5.41, 5.74) is -0.784. The Labute approximate surface area is 221 Å². The lowest BCUT2D eigenvalue weighted by Crippen LogP contribution is -2.49. The van der Waals surface area contributed by atoms with Crippen LogP contribution in [-0.2, 0) is 6.54 Å². The molecule has 1 saturated heterocycles. The lowest BCUT2D eigenvalue weighted by atomic mass is 9.91. The van der Waals surface area contributed by atoms with E-state index < -0.39 is 11.4 Å². The van der Waals surface area contributed by atoms with E-state index in [1.165, 1.54) is 53.0 Å². The van der Waals surface area contributed by atoms with E-state index in [0.29, 0.717) is 36.2 Å². The summed E-state index contributed by atoms with van der Waals surface area (Å²) in [4.78, 5) is 36.4. The van der Waals surface area contributed by atoms with Gasteiger partial charge in [-0.15, -0.1) is 0 Å². The summed E-state index contributed by atoms with van der Waals surface area (Å²) in [6, 6.07) is 5.73. The number of hydrogen-bond donors (Lipinski definition) is 1. The molecule has 0 bridgehead atoms. The number of carbonyl (C=O) groups excluding carboxylic acids is 1. The van der Waals surface area contributed by atoms with E-state index >= 15 is 0 Å². The number of nitrogens with zero attached hydrogens (tertiary/aromatic N) is 5. The van der Waals surface area contributed by atoms with Crippen LogP contribution in [0.4, 0.5) is 4.39 Å². The van der Waals surface area contributed by atoms with Crippen molar-refractivity contribution in [3.8, 4) is 11.4 Å². The number of aromatic nitrogens is 4. The Morgan fingerprint density at radius 2 is 2.03 bits per heavy atom. The van der Waals surface area contributed by atoms with Gasteiger partial charge in [0.1, 0.15) is 11.5 Å². The fourth-order valence-electron chi connectivity index (χ4n) is 4.89. The number of carbonyl (C=O) groups is 1. The van der Waals surface area contributed by atoms with Crippen LogP contribution < -0.4 is 10.3 Å². The molecule has 198 valence electrons. The molecular weight excluding hydrogens is 517 g/mol. The number of benzene rings is 1. The highest BCUT2D eigenvalue weighted by Gasteiger charge is 2.36. The molecule has 1 N–H and O–H groups in total. The predicted octanol–water partition coefficient (Wildman–Crippen LogP) is 3.52. The number of fused-ring (bicyclic) bond motifs is 1. The molecule has 12 heteroatoms. The highest BCUT2D eigenvalue weighted by molar-refractivity contribution is 6.31. The molecule has 1 aromatic carbocycles. The van der Waals surface area contributed by atoms with Gasteiger partial charge in [0, 0.05) is 25.1 Å². The fourth-order valence-corrected chi connectivity index (χ4v) is 5.18. The van der Waals surface area contributed by atoms with Gasteiger partial charge in [-0.05, 0) is 43.9 Å². The number of rotatable bonds is 6. The zero-order valence-electron chi connectivity index (χ0n) is 20.6. The summed E-state index contributed by atoms with van der Waals surface area (Å²) in [6.07, 6.45) is 5.46. The Morgan fingerprint density at radius 3 is 2.74 bits per heavy atom. The van der Waals surface area contributed by atoms with E-state index in [4.69, 9.17) is 20.8 Å². The van der Waals surface area contributed by atoms with Crippen molar-refractivity contribution in [2.75, 3.05) is 20.2 Å². The van der Waals surface area contributed by atoms with Crippen molar-refractivity contribution in [3.05, 3.63) is 69.8 Å². The third-order valence-electron chi connectivity index (χ3n) is 7.24. The molecule has 0 radical (unpaired) electrons. The van der Waals surface area contributed by atoms with Crippen molar-refractivity contribution in [1.29, 1.82) is 0 Å². The second kappa shape index (κ2) is 9.25. The van der Waals surface area contributed by atoms with Gasteiger partial charge in [0.15, 0.2) is 23.1 Å². The minimum absolute atomic E-state index is 0.0120. The van der Waals surface area contributed by atoms with Crippen LogP contribution in [0.25, 0.3) is 16.7 Å². The van der Waals surface area contributed by atoms with Gasteiger partial charge < -0.3 is 19.2 Å². The van der Waals surface area contributed by atoms with Crippen molar-refractivity contribution < 1.29 is 23.4 Å². The molecule has 3 aromatic heterocycles. The van der Waals surface area contributed by atoms with E-state index in [1.807, 2.05) is 0 Å². The van der Waals surface area contributed by atoms with E-state index in [-0.39, 0.29) is 52.9 Å². The first-order valence-electron chi connectivity index (χ1n) is 12.3. The van der Waals surface area contributed by atoms with Crippen LogP contribution in [0.15, 0.2) is 46.0 Å². The van der Waals surface area contributed by atoms with Crippen LogP contribution in [0.3, 0.4) is 0 Å². The number of oxazole rings is 1. The van der Waals surface area contributed by atoms with Crippen LogP contribution in [-0.4, -0.2) is 60.8 Å². The van der Waals surface area contributed by atoms with Crippen molar-refractivity contribution in [2.45, 2.75) is 43.7 Å². The second-order valence-corrected chi connectivity index (χ2v) is 10.3. The maximum atomic E-state index is 13.9. The zero-order valence-corrected chi connectivity index (χ0v) is 21.3. The van der Waals surface area contributed by atoms with Gasteiger partial charge in [-0.2, -0.15) is 0 Å². The molecule has 6 rings (SSSR count). The minimum Gasteiger partial charge on any atom is -0.494 e. The molecule has 4 heterocycles. The van der Waals surface area contributed by atoms with Crippen molar-refractivity contribution >= 4 is 28.5 Å². The summed E-state index contributed by atoms with van der Waals surface area (Å²) < 4.78 is 27.5. The Balaban J connectivity index is 1.20. The van der Waals surface area contributed by atoms with Crippen LogP contribution in [0.5, 0.6) is 5.75 Å². The van der Waals surface area contributed by atoms with Gasteiger partial charge in [-0.1, -0.05) is 11.6 Å². The van der Waals surface area contributed by atoms with E-state index in [0.717, 1.165) is 12.8 Å². The first-order valence-corrected chi connectivity index (χ1v) is 12.7. The van der Waals surface area contributed by atoms with Gasteiger partial charge in [0.25, 0.3) is 11.5 Å². The van der Waals surface area contributed by atoms with Gasteiger partial charge in [0.05, 0.1) is 36.5 Å². The third-order valence-corrected chi connectivity index (χ3v) is 7.52. The first-order chi connectivity index (χ1) is 18.3. The Hall–Kier alpha value is -3.70. The quantitative estimate of drug-likeness (QED) is 0.397. The summed E-state index contributed by atoms with van der Waals surface area (Å²) in [5, 5.41) is 11.7. The molecule has 2 fully saturated rings. The normalized spacial score (nSPS) is 17.2. The number of methoxy groups -OCH3 is 1. The monoisotopic (exact) mass is 541 g/mol. The lowest BCUT2D eigenvalue weighted by molar-refractivity contribution is -0.0304. The standard InChI is InChI=1S/C26H25ClFN5O5/c1-37-19-10-16(4-5-18(19)28)33-21(27)11-17-22(33)30-14-32(24(17)34)13-26(36)6-8-31(9-7-26)25(35)20-12-29-23(38-20)15-2-3-15/h4-5,10-12,14-15,36H,2-3,6-9,13H2,1H3. The highest BCUT2D eigenvalue weighted by Crippen LogP contribution is 2.39. The summed E-state index contributed by atoms with van der Waals surface area (Å²) in [6.45, 7) is 0.639. The van der Waals surface area contributed by atoms with Crippen molar-refractivity contribution in [2.24, 2.45) is 0 Å². The summed E-state index contributed by atoms with van der Waals surface area (Å²) in [5.74, 6) is 0.397. The van der Waals surface area contributed by atoms with Crippen LogP contribution in [0.1, 0.15) is 48.0 Å². The molecule has 1 saturated carbocycles. The van der Waals surface area contributed by atoms with Crippen LogP contribution >= 0.6 is 11.6 Å². The molecule has 4 aromatic rings. The first kappa shape index (κ1) is 24.6. The Kier molecular flexibility index (Phi) is 5.99. The molecule has 1 aliphatic heterocycles. The Morgan fingerprint density at radius 1 is 1.26 bits per heavy atom. The van der Waals surface area contributed by atoms with Crippen LogP contribution in [0, 0.1) is 5.82 Å². The average molecular weight is 542 g/mol. The number of amides is 1. The number of likely N-dealkylation sites (tertiary alicyclic amines) is 1. The molecule has 1 amide bonds. The highest BCUT2D eigenvalue weighted by atomic mass is 35.5. The average Bonchev–Trinajstić information content (AvgIpc) is 3.54. The zero-order chi connectivity index (χ0) is 26.6. The number of ether oxygens (including phenoxy) is 1.